The van der Waals surface area contributed by atoms with Gasteiger partial charge in [-0.2, -0.15) is 0 Å². The second-order valence-electron chi connectivity index (χ2n) is 6.49. The van der Waals surface area contributed by atoms with Crippen molar-refractivity contribution in [1.29, 1.82) is 0 Å². The van der Waals surface area contributed by atoms with Gasteiger partial charge >= 0.3 is 0 Å². The van der Waals surface area contributed by atoms with Crippen LogP contribution in [0.15, 0.2) is 108 Å². The first-order chi connectivity index (χ1) is 13.3. The summed E-state index contributed by atoms with van der Waals surface area (Å²) in [6.07, 6.45) is 7.90. The Morgan fingerprint density at radius 1 is 0.536 bits per heavy atom. The van der Waals surface area contributed by atoms with Gasteiger partial charge in [-0.3, -0.25) is 0 Å². The van der Waals surface area contributed by atoms with Crippen LogP contribution in [0.4, 0.5) is 0 Å². The van der Waals surface area contributed by atoms with Gasteiger partial charge in [-0.25, -0.2) is 0 Å². The molecule has 2 heteroatoms. The summed E-state index contributed by atoms with van der Waals surface area (Å²) in [7, 11) is -1.52. The molecule has 0 fully saturated rings. The summed E-state index contributed by atoms with van der Waals surface area (Å²) in [4.78, 5) is 0. The van der Waals surface area contributed by atoms with Crippen molar-refractivity contribution in [3.05, 3.63) is 125 Å². The summed E-state index contributed by atoms with van der Waals surface area (Å²) in [6, 6.07) is 31.6. The molecule has 0 nitrogen and oxygen atoms in total. The summed E-state index contributed by atoms with van der Waals surface area (Å²) < 4.78 is 0. The van der Waals surface area contributed by atoms with Gasteiger partial charge in [0.1, 0.15) is 0 Å². The Hall–Kier alpha value is -1.96. The molecule has 0 bridgehead atoms. The van der Waals surface area contributed by atoms with E-state index in [1.165, 1.54) is 16.7 Å². The maximum Gasteiger partial charge on any atom is 0.0890 e. The highest BCUT2D eigenvalue weighted by atomic mass is 127. The van der Waals surface area contributed by atoms with E-state index < -0.39 is 7.26 Å². The van der Waals surface area contributed by atoms with Crippen molar-refractivity contribution in [2.24, 2.45) is 0 Å². The molecule has 0 aliphatic carbocycles. The lowest BCUT2D eigenvalue weighted by molar-refractivity contribution is -0.00000527. The minimum absolute atomic E-state index is 0. The predicted octanol–water partition coefficient (Wildman–Crippen LogP) is 5.04. The largest absolute Gasteiger partial charge is 1.00 e. The van der Waals surface area contributed by atoms with Crippen LogP contribution in [0.3, 0.4) is 0 Å². The molecule has 0 aliphatic heterocycles. The van der Waals surface area contributed by atoms with Crippen molar-refractivity contribution in [3.8, 4) is 0 Å². The van der Waals surface area contributed by atoms with Crippen LogP contribution in [0, 0.1) is 0 Å². The maximum absolute atomic E-state index is 2.42. The van der Waals surface area contributed by atoms with E-state index >= 15 is 0 Å². The third-order valence-corrected chi connectivity index (χ3v) is 7.79. The van der Waals surface area contributed by atoms with Crippen molar-refractivity contribution in [1.82, 2.24) is 0 Å². The van der Waals surface area contributed by atoms with E-state index in [2.05, 4.69) is 134 Å². The number of hydrogen-bond donors (Lipinski definition) is 0. The van der Waals surface area contributed by atoms with Crippen molar-refractivity contribution in [2.45, 2.75) is 6.92 Å². The third-order valence-electron chi connectivity index (χ3n) is 4.58. The van der Waals surface area contributed by atoms with Crippen molar-refractivity contribution >= 4 is 25.5 Å². The van der Waals surface area contributed by atoms with Gasteiger partial charge in [0.05, 0.1) is 30.9 Å². The van der Waals surface area contributed by atoms with Gasteiger partial charge in [-0.05, 0) is 41.8 Å². The van der Waals surface area contributed by atoms with Gasteiger partial charge in [0.25, 0.3) is 0 Å². The normalized spacial score (nSPS) is 13.6. The van der Waals surface area contributed by atoms with Crippen molar-refractivity contribution in [3.63, 3.8) is 0 Å². The molecule has 142 valence electrons. The Morgan fingerprint density at radius 3 is 1.07 bits per heavy atom. The third kappa shape index (κ3) is 6.89. The fourth-order valence-corrected chi connectivity index (χ4v) is 5.11. The molecule has 0 N–H and O–H groups in total. The second-order valence-corrected chi connectivity index (χ2v) is 10.0. The topological polar surface area (TPSA) is 0 Å². The summed E-state index contributed by atoms with van der Waals surface area (Å²) >= 11 is 0. The van der Waals surface area contributed by atoms with Crippen LogP contribution in [-0.2, 0) is 0 Å². The van der Waals surface area contributed by atoms with Crippen LogP contribution in [-0.4, -0.2) is 6.16 Å². The minimum atomic E-state index is -1.52. The highest BCUT2D eigenvalue weighted by molar-refractivity contribution is 7.84. The molecular formula is C26H26IP. The Bertz CT molecular complexity index is 776. The van der Waals surface area contributed by atoms with E-state index in [-0.39, 0.29) is 24.0 Å². The molecule has 0 atom stereocenters. The fraction of sp³-hybridized carbons (Fsp3) is 0.0769. The zero-order valence-corrected chi connectivity index (χ0v) is 19.2. The average molecular weight is 496 g/mol. The van der Waals surface area contributed by atoms with Crippen LogP contribution in [0.25, 0.3) is 18.2 Å². The van der Waals surface area contributed by atoms with E-state index in [4.69, 9.17) is 0 Å². The van der Waals surface area contributed by atoms with E-state index in [0.29, 0.717) is 0 Å². The van der Waals surface area contributed by atoms with Crippen LogP contribution in [0.2, 0.25) is 0 Å². The van der Waals surface area contributed by atoms with Crippen LogP contribution in [0.1, 0.15) is 23.6 Å². The molecule has 0 aliphatic rings. The van der Waals surface area contributed by atoms with E-state index in [9.17, 15) is 0 Å². The van der Waals surface area contributed by atoms with Crippen LogP contribution >= 0.6 is 7.26 Å². The molecule has 0 spiro atoms. The predicted molar refractivity (Wildman–Crippen MR) is 124 cm³/mol. The molecule has 3 aromatic rings. The maximum atomic E-state index is 2.42. The highest BCUT2D eigenvalue weighted by Crippen LogP contribution is 2.64. The monoisotopic (exact) mass is 496 g/mol. The Morgan fingerprint density at radius 2 is 0.821 bits per heavy atom. The highest BCUT2D eigenvalue weighted by Gasteiger charge is 2.26. The summed E-state index contributed by atoms with van der Waals surface area (Å²) in [5.41, 5.74) is 3.74. The summed E-state index contributed by atoms with van der Waals surface area (Å²) in [5, 5.41) is 0. The molecular weight excluding hydrogens is 470 g/mol. The minimum Gasteiger partial charge on any atom is -1.00 e. The van der Waals surface area contributed by atoms with Crippen molar-refractivity contribution in [2.75, 3.05) is 6.16 Å². The lowest BCUT2D eigenvalue weighted by atomic mass is 10.2. The van der Waals surface area contributed by atoms with Gasteiger partial charge in [0.2, 0.25) is 0 Å². The van der Waals surface area contributed by atoms with Crippen molar-refractivity contribution < 1.29 is 24.0 Å². The van der Waals surface area contributed by atoms with Gasteiger partial charge < -0.3 is 24.0 Å². The first kappa shape index (κ1) is 22.3. The number of hydrogen-bond acceptors (Lipinski definition) is 0. The van der Waals surface area contributed by atoms with E-state index in [1.54, 1.807) is 0 Å². The first-order valence-electron chi connectivity index (χ1n) is 9.40. The molecule has 0 aromatic heterocycles. The Labute approximate surface area is 187 Å². The lowest BCUT2D eigenvalue weighted by Gasteiger charge is -2.13. The molecule has 0 saturated heterocycles. The molecule has 3 rings (SSSR count). The zero-order chi connectivity index (χ0) is 18.8. The SMILES string of the molecule is CC[P+](C=Cc1ccccc1)(C=Cc1ccccc1)C=Cc1ccccc1.[I-]. The molecule has 0 amide bonds. The first-order valence-corrected chi connectivity index (χ1v) is 11.6. The average Bonchev–Trinajstić information content (AvgIpc) is 2.76. The molecule has 0 heterocycles. The lowest BCUT2D eigenvalue weighted by Crippen LogP contribution is -3.00. The van der Waals surface area contributed by atoms with E-state index in [1.807, 2.05) is 0 Å². The standard InChI is InChI=1S/C26H26P.HI/c1-2-27(21-18-24-12-6-3-7-13-24,22-19-25-14-8-4-9-15-25)23-20-26-16-10-5-11-17-26;/h3-23H,2H2,1H3;1H/q+1;/p-1. The molecule has 28 heavy (non-hydrogen) atoms. The van der Waals surface area contributed by atoms with Crippen LogP contribution in [0.5, 0.6) is 0 Å². The van der Waals surface area contributed by atoms with Gasteiger partial charge in [-0.1, -0.05) is 91.0 Å². The van der Waals surface area contributed by atoms with E-state index in [0.717, 1.165) is 6.16 Å². The molecule has 3 aromatic carbocycles. The summed E-state index contributed by atoms with van der Waals surface area (Å²) in [6.45, 7) is 2.29. The number of benzene rings is 3. The van der Waals surface area contributed by atoms with Gasteiger partial charge in [-0.15, -0.1) is 0 Å². The molecule has 0 unspecified atom stereocenters. The Kier molecular flexibility index (Phi) is 9.40. The molecule has 0 radical (unpaired) electrons. The Balaban J connectivity index is 0.00000280. The molecule has 0 saturated carbocycles. The van der Waals surface area contributed by atoms with Gasteiger partial charge in [0, 0.05) is 0 Å². The fourth-order valence-electron chi connectivity index (χ4n) is 2.83. The number of rotatable bonds is 7. The summed E-state index contributed by atoms with van der Waals surface area (Å²) in [5.74, 6) is 7.25. The zero-order valence-electron chi connectivity index (χ0n) is 16.2. The van der Waals surface area contributed by atoms with Crippen LogP contribution < -0.4 is 24.0 Å². The number of halogens is 1. The van der Waals surface area contributed by atoms with Gasteiger partial charge in [0.15, 0.2) is 0 Å². The second kappa shape index (κ2) is 11.8. The smallest absolute Gasteiger partial charge is 0.0890 e. The quantitative estimate of drug-likeness (QED) is 0.318.